The molecule has 0 aromatic heterocycles. The van der Waals surface area contributed by atoms with Crippen molar-refractivity contribution in [1.29, 1.82) is 0 Å². The Kier molecular flexibility index (Phi) is 6.18. The molecule has 5 aliphatic carbocycles. The van der Waals surface area contributed by atoms with Crippen LogP contribution in [0.3, 0.4) is 0 Å². The average molecular weight is 529 g/mol. The molecule has 38 heavy (non-hydrogen) atoms. The Hall–Kier alpha value is -1.36. The number of methoxy groups -OCH3 is 1. The summed E-state index contributed by atoms with van der Waals surface area (Å²) in [5.74, 6) is -0.842. The summed E-state index contributed by atoms with van der Waals surface area (Å²) in [4.78, 5) is 25.4. The molecule has 0 aliphatic heterocycles. The summed E-state index contributed by atoms with van der Waals surface area (Å²) in [6, 6.07) is 0. The molecule has 1 unspecified atom stereocenters. The van der Waals surface area contributed by atoms with Crippen molar-refractivity contribution >= 4 is 11.9 Å². The molecule has 0 radical (unpaired) electrons. The molecule has 5 nitrogen and oxygen atoms in total. The van der Waals surface area contributed by atoms with Crippen LogP contribution < -0.4 is 0 Å². The summed E-state index contributed by atoms with van der Waals surface area (Å²) in [6.45, 7) is 17.9. The molecule has 0 saturated heterocycles. The minimum Gasteiger partial charge on any atom is -0.469 e. The Morgan fingerprint density at radius 3 is 2.18 bits per heavy atom. The number of hydrogen-bond donors (Lipinski definition) is 1. The van der Waals surface area contributed by atoms with Gasteiger partial charge in [0, 0.05) is 18.8 Å². The van der Waals surface area contributed by atoms with E-state index in [1.54, 1.807) is 7.11 Å². The van der Waals surface area contributed by atoms with E-state index >= 15 is 0 Å². The van der Waals surface area contributed by atoms with Crippen molar-refractivity contribution in [1.82, 2.24) is 0 Å². The molecule has 214 valence electrons. The molecule has 5 aliphatic rings. The number of allylic oxidation sites excluding steroid dienone is 2. The van der Waals surface area contributed by atoms with Gasteiger partial charge in [-0.15, -0.1) is 0 Å². The molecule has 8 atom stereocenters. The first kappa shape index (κ1) is 28.2. The first-order chi connectivity index (χ1) is 17.4. The Morgan fingerprint density at radius 2 is 1.55 bits per heavy atom. The predicted molar refractivity (Wildman–Crippen MR) is 148 cm³/mol. The van der Waals surface area contributed by atoms with Crippen molar-refractivity contribution in [2.45, 2.75) is 125 Å². The summed E-state index contributed by atoms with van der Waals surface area (Å²) in [5.41, 5.74) is 1.03. The number of carbonyl (C=O) groups is 2. The van der Waals surface area contributed by atoms with Crippen molar-refractivity contribution < 1.29 is 24.2 Å². The summed E-state index contributed by atoms with van der Waals surface area (Å²) in [7, 11) is 1.57. The smallest absolute Gasteiger partial charge is 0.312 e. The van der Waals surface area contributed by atoms with Gasteiger partial charge in [0.15, 0.2) is 0 Å². The molecule has 5 rings (SSSR count). The first-order valence-electron chi connectivity index (χ1n) is 15.1. The van der Waals surface area contributed by atoms with Crippen molar-refractivity contribution in [2.75, 3.05) is 7.11 Å². The second kappa shape index (κ2) is 8.33. The molecule has 0 aromatic carbocycles. The molecular formula is C33H52O5. The second-order valence-corrected chi connectivity index (χ2v) is 16.0. The maximum Gasteiger partial charge on any atom is 0.312 e. The van der Waals surface area contributed by atoms with Crippen LogP contribution in [-0.2, 0) is 19.1 Å². The normalized spacial score (nSPS) is 48.8. The Labute approximate surface area is 230 Å². The van der Waals surface area contributed by atoms with Gasteiger partial charge >= 0.3 is 11.9 Å². The van der Waals surface area contributed by atoms with Gasteiger partial charge in [-0.1, -0.05) is 60.1 Å². The minimum absolute atomic E-state index is 0.00248. The Balaban J connectivity index is 1.57. The molecule has 5 heteroatoms. The maximum absolute atomic E-state index is 13.4. The van der Waals surface area contributed by atoms with Crippen LogP contribution >= 0.6 is 0 Å². The van der Waals surface area contributed by atoms with Crippen LogP contribution in [0.1, 0.15) is 120 Å². The van der Waals surface area contributed by atoms with Crippen LogP contribution in [0.4, 0.5) is 0 Å². The van der Waals surface area contributed by atoms with E-state index in [0.29, 0.717) is 12.3 Å². The number of aliphatic hydroxyl groups is 1. The molecule has 0 amide bonds. The van der Waals surface area contributed by atoms with Crippen molar-refractivity contribution in [3.8, 4) is 0 Å². The monoisotopic (exact) mass is 528 g/mol. The average Bonchev–Trinajstić information content (AvgIpc) is 2.81. The second-order valence-electron chi connectivity index (χ2n) is 16.0. The van der Waals surface area contributed by atoms with Crippen LogP contribution in [0.5, 0.6) is 0 Å². The van der Waals surface area contributed by atoms with Gasteiger partial charge in [-0.3, -0.25) is 9.59 Å². The van der Waals surface area contributed by atoms with Crippen molar-refractivity contribution in [3.05, 3.63) is 11.6 Å². The van der Waals surface area contributed by atoms with E-state index in [1.165, 1.54) is 12.5 Å². The van der Waals surface area contributed by atoms with Crippen molar-refractivity contribution in [2.24, 2.45) is 50.2 Å². The molecule has 0 heterocycles. The van der Waals surface area contributed by atoms with E-state index in [2.05, 4.69) is 54.5 Å². The summed E-state index contributed by atoms with van der Waals surface area (Å²) >= 11 is 0. The van der Waals surface area contributed by atoms with E-state index in [-0.39, 0.29) is 44.9 Å². The summed E-state index contributed by atoms with van der Waals surface area (Å²) in [5, 5.41) is 11.6. The third-order valence-corrected chi connectivity index (χ3v) is 13.7. The van der Waals surface area contributed by atoms with Gasteiger partial charge in [-0.05, 0) is 97.2 Å². The van der Waals surface area contributed by atoms with Crippen LogP contribution in [0.15, 0.2) is 11.6 Å². The fourth-order valence-electron chi connectivity index (χ4n) is 11.2. The topological polar surface area (TPSA) is 72.8 Å². The van der Waals surface area contributed by atoms with Crippen molar-refractivity contribution in [3.63, 3.8) is 0 Å². The van der Waals surface area contributed by atoms with E-state index < -0.39 is 17.2 Å². The van der Waals surface area contributed by atoms with E-state index in [1.807, 2.05) is 0 Å². The van der Waals surface area contributed by atoms with Gasteiger partial charge < -0.3 is 14.6 Å². The van der Waals surface area contributed by atoms with Crippen LogP contribution in [-0.4, -0.2) is 29.9 Å². The lowest BCUT2D eigenvalue weighted by atomic mass is 9.33. The SMILES string of the molecule is COC(=O)[C@]12CCC(C)(C)C[C@@H]1C1=CC[C@@H]3[C@@]4(C)CC[C@](O)(OC(C)=O)C(C)(C)C4CC[C@@]3(C)[C@]1(C)CC2. The zero-order chi connectivity index (χ0) is 28.2. The fraction of sp³-hybridized carbons (Fsp3) is 0.879. The number of carbonyl (C=O) groups excluding carboxylic acids is 2. The molecule has 0 spiro atoms. The molecule has 1 N–H and O–H groups in total. The van der Waals surface area contributed by atoms with E-state index in [4.69, 9.17) is 9.47 Å². The van der Waals surface area contributed by atoms with Gasteiger partial charge in [0.2, 0.25) is 5.79 Å². The molecule has 0 aromatic rings. The van der Waals surface area contributed by atoms with Crippen LogP contribution in [0.2, 0.25) is 0 Å². The molecule has 0 bridgehead atoms. The lowest BCUT2D eigenvalue weighted by molar-refractivity contribution is -0.316. The molecule has 4 saturated carbocycles. The third kappa shape index (κ3) is 3.45. The number of ether oxygens (including phenoxy) is 2. The lowest BCUT2D eigenvalue weighted by Gasteiger charge is -2.71. The van der Waals surface area contributed by atoms with Gasteiger partial charge in [-0.25, -0.2) is 0 Å². The van der Waals surface area contributed by atoms with E-state index in [9.17, 15) is 14.7 Å². The maximum atomic E-state index is 13.4. The van der Waals surface area contributed by atoms with Gasteiger partial charge in [0.05, 0.1) is 12.5 Å². The number of fused-ring (bicyclic) bond motifs is 7. The zero-order valence-corrected chi connectivity index (χ0v) is 25.5. The fourth-order valence-corrected chi connectivity index (χ4v) is 11.2. The number of hydrogen-bond acceptors (Lipinski definition) is 5. The highest BCUT2D eigenvalue weighted by atomic mass is 16.7. The summed E-state index contributed by atoms with van der Waals surface area (Å²) in [6.07, 6.45) is 12.0. The first-order valence-corrected chi connectivity index (χ1v) is 15.1. The van der Waals surface area contributed by atoms with Gasteiger partial charge in [0.25, 0.3) is 0 Å². The third-order valence-electron chi connectivity index (χ3n) is 13.7. The number of esters is 2. The largest absolute Gasteiger partial charge is 0.469 e. The van der Waals surface area contributed by atoms with Gasteiger partial charge in [-0.2, -0.15) is 0 Å². The highest BCUT2D eigenvalue weighted by Crippen LogP contribution is 2.76. The van der Waals surface area contributed by atoms with Gasteiger partial charge in [0.1, 0.15) is 0 Å². The molecular weight excluding hydrogens is 476 g/mol. The van der Waals surface area contributed by atoms with E-state index in [0.717, 1.165) is 57.8 Å². The minimum atomic E-state index is -1.42. The Bertz CT molecular complexity index is 1060. The number of rotatable bonds is 2. The molecule has 4 fully saturated rings. The quantitative estimate of drug-likeness (QED) is 0.233. The predicted octanol–water partition coefficient (Wildman–Crippen LogP) is 7.21. The lowest BCUT2D eigenvalue weighted by Crippen LogP contribution is -2.67. The Morgan fingerprint density at radius 1 is 0.895 bits per heavy atom. The van der Waals surface area contributed by atoms with Crippen LogP contribution in [0, 0.1) is 50.2 Å². The van der Waals surface area contributed by atoms with Crippen LogP contribution in [0.25, 0.3) is 0 Å². The highest BCUT2D eigenvalue weighted by molar-refractivity contribution is 5.78. The summed E-state index contributed by atoms with van der Waals surface area (Å²) < 4.78 is 11.1. The highest BCUT2D eigenvalue weighted by Gasteiger charge is 2.71. The standard InChI is InChI=1S/C33H52O5/c1-21(34)38-33(36)19-15-29(6)24(28(33,4)5)12-13-31(8)25(29)11-10-22-23-20-27(2,3)14-17-32(23,26(35)37-9)18-16-30(22,31)7/h10,23-25,36H,11-20H2,1-9H3/t23-,24?,25-,29+,30-,31-,32+,33+/m1/s1. The zero-order valence-electron chi connectivity index (χ0n) is 25.5.